The van der Waals surface area contributed by atoms with Gasteiger partial charge in [0.2, 0.25) is 0 Å². The van der Waals surface area contributed by atoms with Crippen molar-refractivity contribution in [3.8, 4) is 0 Å². The minimum atomic E-state index is -1.14. The van der Waals surface area contributed by atoms with E-state index in [0.29, 0.717) is 24.2 Å². The normalized spacial score (nSPS) is 48.7. The van der Waals surface area contributed by atoms with Crippen LogP contribution >= 0.6 is 0 Å². The molecule has 4 nitrogen and oxygen atoms in total. The van der Waals surface area contributed by atoms with E-state index in [1.165, 1.54) is 12.5 Å². The minimum Gasteiger partial charge on any atom is -0.462 e. The van der Waals surface area contributed by atoms with E-state index in [2.05, 4.69) is 19.9 Å². The molecule has 150 valence electrons. The Kier molecular flexibility index (Phi) is 4.38. The molecule has 0 heterocycles. The van der Waals surface area contributed by atoms with Gasteiger partial charge in [-0.2, -0.15) is 0 Å². The minimum absolute atomic E-state index is 0.0292. The molecule has 4 heteroatoms. The van der Waals surface area contributed by atoms with Crippen molar-refractivity contribution in [3.05, 3.63) is 11.6 Å². The van der Waals surface area contributed by atoms with E-state index >= 15 is 0 Å². The SMILES string of the molecule is CC(=O)O[C@H]1CC[C@]2(C)C(=CC[C@@H]3[C@@H]2CC[C@]2(C)[C@H]3CC[C@]2(O)C(C)=O)C1. The molecule has 4 aliphatic rings. The van der Waals surface area contributed by atoms with Crippen LogP contribution in [0.3, 0.4) is 0 Å². The summed E-state index contributed by atoms with van der Waals surface area (Å²) in [6.07, 6.45) is 9.96. The van der Waals surface area contributed by atoms with Crippen molar-refractivity contribution >= 4 is 11.8 Å². The number of hydrogen-bond donors (Lipinski definition) is 1. The zero-order valence-electron chi connectivity index (χ0n) is 17.2. The highest BCUT2D eigenvalue weighted by Crippen LogP contribution is 2.67. The molecule has 0 aromatic carbocycles. The Bertz CT molecular complexity index is 696. The molecule has 3 fully saturated rings. The molecule has 0 radical (unpaired) electrons. The van der Waals surface area contributed by atoms with Crippen LogP contribution in [0.15, 0.2) is 11.6 Å². The molecule has 0 unspecified atom stereocenters. The Hall–Kier alpha value is -1.16. The Morgan fingerprint density at radius 1 is 1.07 bits per heavy atom. The second-order valence-corrected chi connectivity index (χ2v) is 10.1. The molecule has 3 saturated carbocycles. The highest BCUT2D eigenvalue weighted by Gasteiger charge is 2.65. The molecule has 4 aliphatic carbocycles. The summed E-state index contributed by atoms with van der Waals surface area (Å²) >= 11 is 0. The number of ketones is 1. The molecule has 0 amide bonds. The van der Waals surface area contributed by atoms with Crippen molar-refractivity contribution < 1.29 is 19.4 Å². The van der Waals surface area contributed by atoms with E-state index in [9.17, 15) is 14.7 Å². The fourth-order valence-electron chi connectivity index (χ4n) is 7.56. The first kappa shape index (κ1) is 19.2. The maximum absolute atomic E-state index is 12.3. The number of esters is 1. The van der Waals surface area contributed by atoms with Crippen molar-refractivity contribution in [2.45, 2.75) is 90.8 Å². The fourth-order valence-corrected chi connectivity index (χ4v) is 7.56. The van der Waals surface area contributed by atoms with Gasteiger partial charge in [-0.25, -0.2) is 0 Å². The number of rotatable bonds is 2. The molecule has 0 aromatic rings. The van der Waals surface area contributed by atoms with E-state index in [-0.39, 0.29) is 28.7 Å². The van der Waals surface area contributed by atoms with Gasteiger partial charge >= 0.3 is 5.97 Å². The van der Waals surface area contributed by atoms with Crippen LogP contribution in [-0.2, 0) is 14.3 Å². The third-order valence-corrected chi connectivity index (χ3v) is 9.13. The average Bonchev–Trinajstić information content (AvgIpc) is 2.87. The summed E-state index contributed by atoms with van der Waals surface area (Å²) in [6.45, 7) is 7.64. The maximum Gasteiger partial charge on any atom is 0.302 e. The van der Waals surface area contributed by atoms with Gasteiger partial charge in [0.25, 0.3) is 0 Å². The molecule has 7 atom stereocenters. The molecular formula is C23H34O4. The average molecular weight is 375 g/mol. The van der Waals surface area contributed by atoms with Crippen LogP contribution in [0.5, 0.6) is 0 Å². The van der Waals surface area contributed by atoms with Crippen molar-refractivity contribution in [2.75, 3.05) is 0 Å². The first-order valence-corrected chi connectivity index (χ1v) is 10.7. The number of fused-ring (bicyclic) bond motifs is 5. The number of carbonyl (C=O) groups excluding carboxylic acids is 2. The zero-order valence-corrected chi connectivity index (χ0v) is 17.2. The van der Waals surface area contributed by atoms with Crippen LogP contribution < -0.4 is 0 Å². The van der Waals surface area contributed by atoms with Gasteiger partial charge in [0.15, 0.2) is 5.78 Å². The van der Waals surface area contributed by atoms with Crippen LogP contribution in [0.25, 0.3) is 0 Å². The summed E-state index contributed by atoms with van der Waals surface area (Å²) in [4.78, 5) is 23.7. The van der Waals surface area contributed by atoms with Crippen molar-refractivity contribution in [1.29, 1.82) is 0 Å². The van der Waals surface area contributed by atoms with Gasteiger partial charge in [0, 0.05) is 18.8 Å². The molecule has 0 aliphatic heterocycles. The van der Waals surface area contributed by atoms with Crippen molar-refractivity contribution in [2.24, 2.45) is 28.6 Å². The number of hydrogen-bond acceptors (Lipinski definition) is 4. The van der Waals surface area contributed by atoms with E-state index in [1.807, 2.05) is 0 Å². The number of aliphatic hydroxyl groups is 1. The molecule has 0 bridgehead atoms. The van der Waals surface area contributed by atoms with Gasteiger partial charge in [0.1, 0.15) is 11.7 Å². The molecular weight excluding hydrogens is 340 g/mol. The number of allylic oxidation sites excluding steroid dienone is 1. The number of Topliss-reactive ketones (excluding diaryl/α,β-unsaturated/α-hetero) is 1. The maximum atomic E-state index is 12.3. The topological polar surface area (TPSA) is 63.6 Å². The lowest BCUT2D eigenvalue weighted by Crippen LogP contribution is -2.57. The van der Waals surface area contributed by atoms with E-state index < -0.39 is 5.60 Å². The standard InChI is InChI=1S/C23H34O4/c1-14(24)23(26)12-9-20-18-6-5-16-13-17(27-15(2)25)7-10-21(16,3)19(18)8-11-22(20,23)4/h5,17-20,26H,6-13H2,1-4H3/t17-,18+,19-,20-,21+,22+,23-/m0/s1. The van der Waals surface area contributed by atoms with Crippen molar-refractivity contribution in [3.63, 3.8) is 0 Å². The molecule has 4 rings (SSSR count). The van der Waals surface area contributed by atoms with Gasteiger partial charge in [-0.1, -0.05) is 25.5 Å². The third kappa shape index (κ3) is 2.58. The summed E-state index contributed by atoms with van der Waals surface area (Å²) in [6, 6.07) is 0. The first-order valence-electron chi connectivity index (χ1n) is 10.7. The predicted octanol–water partition coefficient (Wildman–Crippen LogP) is 4.20. The lowest BCUT2D eigenvalue weighted by atomic mass is 9.47. The number of ether oxygens (including phenoxy) is 1. The predicted molar refractivity (Wildman–Crippen MR) is 103 cm³/mol. The molecule has 0 saturated heterocycles. The summed E-state index contributed by atoms with van der Waals surface area (Å²) in [7, 11) is 0. The molecule has 0 spiro atoms. The van der Waals surface area contributed by atoms with Crippen LogP contribution in [0, 0.1) is 28.6 Å². The quantitative estimate of drug-likeness (QED) is 0.581. The lowest BCUT2D eigenvalue weighted by Gasteiger charge is -2.58. The second-order valence-electron chi connectivity index (χ2n) is 10.1. The van der Waals surface area contributed by atoms with Gasteiger partial charge in [-0.05, 0) is 75.0 Å². The van der Waals surface area contributed by atoms with E-state index in [0.717, 1.165) is 44.9 Å². The summed E-state index contributed by atoms with van der Waals surface area (Å²) < 4.78 is 5.51. The smallest absolute Gasteiger partial charge is 0.302 e. The highest BCUT2D eigenvalue weighted by molar-refractivity contribution is 5.86. The monoisotopic (exact) mass is 374 g/mol. The van der Waals surface area contributed by atoms with Gasteiger partial charge in [-0.3, -0.25) is 9.59 Å². The van der Waals surface area contributed by atoms with Gasteiger partial charge in [0.05, 0.1) is 0 Å². The van der Waals surface area contributed by atoms with Gasteiger partial charge in [-0.15, -0.1) is 0 Å². The second kappa shape index (κ2) is 6.17. The summed E-state index contributed by atoms with van der Waals surface area (Å²) in [5, 5.41) is 11.2. The van der Waals surface area contributed by atoms with E-state index in [4.69, 9.17) is 4.74 Å². The number of carbonyl (C=O) groups is 2. The van der Waals surface area contributed by atoms with Crippen LogP contribution in [-0.4, -0.2) is 28.6 Å². The Morgan fingerprint density at radius 3 is 2.44 bits per heavy atom. The zero-order chi connectivity index (χ0) is 19.6. The Balaban J connectivity index is 1.61. The van der Waals surface area contributed by atoms with Crippen LogP contribution in [0.1, 0.15) is 79.1 Å². The molecule has 27 heavy (non-hydrogen) atoms. The lowest BCUT2D eigenvalue weighted by molar-refractivity contribution is -0.160. The van der Waals surface area contributed by atoms with Gasteiger partial charge < -0.3 is 9.84 Å². The molecule has 0 aromatic heterocycles. The first-order chi connectivity index (χ1) is 12.6. The Morgan fingerprint density at radius 2 is 1.78 bits per heavy atom. The van der Waals surface area contributed by atoms with Crippen LogP contribution in [0.4, 0.5) is 0 Å². The van der Waals surface area contributed by atoms with E-state index in [1.54, 1.807) is 6.92 Å². The summed E-state index contributed by atoms with van der Waals surface area (Å²) in [5.41, 5.74) is 0.235. The summed E-state index contributed by atoms with van der Waals surface area (Å²) in [5.74, 6) is 1.36. The largest absolute Gasteiger partial charge is 0.462 e. The Labute approximate surface area is 162 Å². The molecule has 1 N–H and O–H groups in total. The third-order valence-electron chi connectivity index (χ3n) is 9.13. The van der Waals surface area contributed by atoms with Crippen LogP contribution in [0.2, 0.25) is 0 Å². The fraction of sp³-hybridized carbons (Fsp3) is 0.826. The van der Waals surface area contributed by atoms with Crippen molar-refractivity contribution in [1.82, 2.24) is 0 Å². The highest BCUT2D eigenvalue weighted by atomic mass is 16.5.